The normalized spacial score (nSPS) is 15.6. The third-order valence-electron chi connectivity index (χ3n) is 6.58. The van der Waals surface area contributed by atoms with Crippen LogP contribution in [-0.2, 0) is 11.2 Å². The lowest BCUT2D eigenvalue weighted by Crippen LogP contribution is -2.31. The molecule has 0 radical (unpaired) electrons. The van der Waals surface area contributed by atoms with Gasteiger partial charge in [0.1, 0.15) is 0 Å². The number of nitrogens with zero attached hydrogens (tertiary/aromatic N) is 3. The van der Waals surface area contributed by atoms with Gasteiger partial charge in [-0.25, -0.2) is 9.79 Å². The molecule has 6 rings (SSSR count). The Morgan fingerprint density at radius 3 is 2.64 bits per heavy atom. The maximum Gasteiger partial charge on any atom is 0.335 e. The fraction of sp³-hybridized carbons (Fsp3) is 0.0645. The van der Waals surface area contributed by atoms with Crippen LogP contribution in [0.25, 0.3) is 22.7 Å². The van der Waals surface area contributed by atoms with Gasteiger partial charge in [-0.05, 0) is 78.4 Å². The van der Waals surface area contributed by atoms with Crippen LogP contribution in [0.15, 0.2) is 113 Å². The first kappa shape index (κ1) is 24.5. The van der Waals surface area contributed by atoms with Crippen LogP contribution >= 0.6 is 11.8 Å². The van der Waals surface area contributed by atoms with E-state index in [9.17, 15) is 14.7 Å². The Hall–Kier alpha value is -4.82. The van der Waals surface area contributed by atoms with E-state index in [1.165, 1.54) is 11.8 Å². The molecular weight excluding hydrogens is 508 g/mol. The van der Waals surface area contributed by atoms with E-state index in [1.807, 2.05) is 89.8 Å². The first-order valence-electron chi connectivity index (χ1n) is 12.5. The molecule has 1 saturated heterocycles. The van der Waals surface area contributed by atoms with Crippen molar-refractivity contribution < 1.29 is 14.7 Å². The Morgan fingerprint density at radius 1 is 0.974 bits per heavy atom. The van der Waals surface area contributed by atoms with E-state index in [0.717, 1.165) is 27.8 Å². The van der Waals surface area contributed by atoms with Crippen LogP contribution in [0.2, 0.25) is 0 Å². The molecule has 3 aromatic carbocycles. The number of carbonyl (C=O) groups is 2. The molecule has 1 amide bonds. The summed E-state index contributed by atoms with van der Waals surface area (Å²) in [6, 6.07) is 28.2. The molecule has 0 aliphatic carbocycles. The topological polar surface area (TPSA) is 90.7 Å². The first-order chi connectivity index (χ1) is 19.1. The Kier molecular flexibility index (Phi) is 6.61. The van der Waals surface area contributed by atoms with Gasteiger partial charge in [0, 0.05) is 41.2 Å². The van der Waals surface area contributed by atoms with Gasteiger partial charge in [0.15, 0.2) is 5.17 Å². The summed E-state index contributed by atoms with van der Waals surface area (Å²) in [5.74, 6) is -1.10. The summed E-state index contributed by atoms with van der Waals surface area (Å²) in [5, 5.41) is 11.2. The Morgan fingerprint density at radius 2 is 1.79 bits per heavy atom. The highest BCUT2D eigenvalue weighted by Gasteiger charge is 2.33. The second-order valence-corrected chi connectivity index (χ2v) is 10.1. The van der Waals surface area contributed by atoms with Crippen molar-refractivity contribution >= 4 is 51.5 Å². The molecule has 8 heteroatoms. The number of thioether (sulfide) groups is 1. The SMILES string of the molecule is O=C(O)c1cccc(-n2cccc2/C=C2/SC(=Nc3ccccc3)N(CCc3c[nH]c4ccccc34)C2=O)c1. The van der Waals surface area contributed by atoms with Gasteiger partial charge in [-0.2, -0.15) is 0 Å². The molecule has 3 heterocycles. The van der Waals surface area contributed by atoms with Gasteiger partial charge in [0.05, 0.1) is 16.2 Å². The summed E-state index contributed by atoms with van der Waals surface area (Å²) in [6.45, 7) is 0.484. The lowest BCUT2D eigenvalue weighted by atomic mass is 10.1. The summed E-state index contributed by atoms with van der Waals surface area (Å²) in [6.07, 6.45) is 6.37. The zero-order valence-electron chi connectivity index (χ0n) is 20.8. The molecule has 39 heavy (non-hydrogen) atoms. The zero-order chi connectivity index (χ0) is 26.8. The van der Waals surface area contributed by atoms with E-state index < -0.39 is 5.97 Å². The number of para-hydroxylation sites is 2. The van der Waals surface area contributed by atoms with Crippen LogP contribution in [-0.4, -0.2) is 43.1 Å². The molecule has 192 valence electrons. The molecule has 1 aliphatic rings. The average molecular weight is 533 g/mol. The van der Waals surface area contributed by atoms with Crippen molar-refractivity contribution in [2.24, 2.45) is 4.99 Å². The maximum atomic E-state index is 13.7. The van der Waals surface area contributed by atoms with Crippen molar-refractivity contribution in [1.82, 2.24) is 14.5 Å². The molecule has 0 atom stereocenters. The number of benzene rings is 3. The minimum absolute atomic E-state index is 0.110. The molecule has 1 aliphatic heterocycles. The number of amidine groups is 1. The number of hydrogen-bond acceptors (Lipinski definition) is 4. The van der Waals surface area contributed by atoms with E-state index in [2.05, 4.69) is 11.1 Å². The number of aromatic carboxylic acids is 1. The molecule has 0 unspecified atom stereocenters. The summed E-state index contributed by atoms with van der Waals surface area (Å²) >= 11 is 1.34. The lowest BCUT2D eigenvalue weighted by Gasteiger charge is -2.15. The molecule has 7 nitrogen and oxygen atoms in total. The van der Waals surface area contributed by atoms with Crippen LogP contribution in [0, 0.1) is 0 Å². The maximum absolute atomic E-state index is 13.7. The minimum atomic E-state index is -0.988. The van der Waals surface area contributed by atoms with Gasteiger partial charge in [-0.1, -0.05) is 42.5 Å². The highest BCUT2D eigenvalue weighted by Crippen LogP contribution is 2.35. The number of carboxylic acids is 1. The van der Waals surface area contributed by atoms with Crippen LogP contribution in [0.3, 0.4) is 0 Å². The average Bonchev–Trinajstić information content (AvgIpc) is 3.67. The number of amides is 1. The van der Waals surface area contributed by atoms with E-state index in [-0.39, 0.29) is 11.5 Å². The monoisotopic (exact) mass is 532 g/mol. The third kappa shape index (κ3) is 5.02. The van der Waals surface area contributed by atoms with Crippen molar-refractivity contribution in [2.45, 2.75) is 6.42 Å². The van der Waals surface area contributed by atoms with Gasteiger partial charge in [0.2, 0.25) is 0 Å². The van der Waals surface area contributed by atoms with Gasteiger partial charge in [-0.15, -0.1) is 0 Å². The molecule has 0 bridgehead atoms. The summed E-state index contributed by atoms with van der Waals surface area (Å²) < 4.78 is 1.87. The number of fused-ring (bicyclic) bond motifs is 1. The number of hydrogen-bond donors (Lipinski definition) is 2. The molecule has 0 spiro atoms. The smallest absolute Gasteiger partial charge is 0.335 e. The number of aliphatic imine (C=N–C) groups is 1. The van der Waals surface area contributed by atoms with Crippen molar-refractivity contribution in [2.75, 3.05) is 6.54 Å². The highest BCUT2D eigenvalue weighted by atomic mass is 32.2. The molecule has 0 saturated carbocycles. The standard InChI is InChI=1S/C31H24N4O3S/c36-29-28(19-25-12-7-16-34(25)24-11-6-8-21(18-24)30(37)38)39-31(33-23-9-2-1-3-10-23)35(29)17-15-22-20-32-27-14-5-4-13-26(22)27/h1-14,16,18-20,32H,15,17H2,(H,37,38)/b28-19+,33-31?. The van der Waals surface area contributed by atoms with E-state index in [4.69, 9.17) is 4.99 Å². The predicted molar refractivity (Wildman–Crippen MR) is 156 cm³/mol. The van der Waals surface area contributed by atoms with Crippen LogP contribution in [0.5, 0.6) is 0 Å². The molecule has 2 N–H and O–H groups in total. The number of nitrogens with one attached hydrogen (secondary N) is 1. The fourth-order valence-corrected chi connectivity index (χ4v) is 5.65. The molecule has 2 aromatic heterocycles. The van der Waals surface area contributed by atoms with Crippen LogP contribution in [0.1, 0.15) is 21.6 Å². The number of H-pyrrole nitrogens is 1. The summed E-state index contributed by atoms with van der Waals surface area (Å²) in [4.78, 5) is 35.6. The molecule has 1 fully saturated rings. The Bertz CT molecular complexity index is 1750. The van der Waals surface area contributed by atoms with E-state index >= 15 is 0 Å². The second-order valence-electron chi connectivity index (χ2n) is 9.07. The summed E-state index contributed by atoms with van der Waals surface area (Å²) in [7, 11) is 0. The summed E-state index contributed by atoms with van der Waals surface area (Å²) in [5.41, 5.74) is 4.67. The second kappa shape index (κ2) is 10.5. The quantitative estimate of drug-likeness (QED) is 0.234. The number of carboxylic acid groups (broad SMARTS) is 1. The number of aromatic nitrogens is 2. The number of rotatable bonds is 7. The Labute approximate surface area is 229 Å². The van der Waals surface area contributed by atoms with Crippen LogP contribution < -0.4 is 0 Å². The van der Waals surface area contributed by atoms with E-state index in [0.29, 0.717) is 28.7 Å². The van der Waals surface area contributed by atoms with Crippen molar-refractivity contribution in [3.8, 4) is 5.69 Å². The first-order valence-corrected chi connectivity index (χ1v) is 13.3. The van der Waals surface area contributed by atoms with Gasteiger partial charge in [-0.3, -0.25) is 9.69 Å². The van der Waals surface area contributed by atoms with Gasteiger partial charge in [0.25, 0.3) is 5.91 Å². The van der Waals surface area contributed by atoms with Gasteiger partial charge < -0.3 is 14.7 Å². The van der Waals surface area contributed by atoms with Gasteiger partial charge >= 0.3 is 5.97 Å². The lowest BCUT2D eigenvalue weighted by molar-refractivity contribution is -0.122. The number of aromatic amines is 1. The minimum Gasteiger partial charge on any atom is -0.478 e. The van der Waals surface area contributed by atoms with Crippen molar-refractivity contribution in [3.05, 3.63) is 125 Å². The predicted octanol–water partition coefficient (Wildman–Crippen LogP) is 6.50. The van der Waals surface area contributed by atoms with Crippen molar-refractivity contribution in [3.63, 3.8) is 0 Å². The number of carbonyl (C=O) groups excluding carboxylic acids is 1. The van der Waals surface area contributed by atoms with Crippen molar-refractivity contribution in [1.29, 1.82) is 0 Å². The molecular formula is C31H24N4O3S. The van der Waals surface area contributed by atoms with Crippen LogP contribution in [0.4, 0.5) is 5.69 Å². The van der Waals surface area contributed by atoms with E-state index in [1.54, 1.807) is 23.1 Å². The third-order valence-corrected chi connectivity index (χ3v) is 7.59. The zero-order valence-corrected chi connectivity index (χ0v) is 21.6. The largest absolute Gasteiger partial charge is 0.478 e. The fourth-order valence-electron chi connectivity index (χ4n) is 4.64. The Balaban J connectivity index is 1.33. The highest BCUT2D eigenvalue weighted by molar-refractivity contribution is 8.18. The molecule has 5 aromatic rings.